The lowest BCUT2D eigenvalue weighted by molar-refractivity contribution is 0.129. The van der Waals surface area contributed by atoms with Crippen LogP contribution >= 0.6 is 0 Å². The van der Waals surface area contributed by atoms with Crippen LogP contribution in [0.5, 0.6) is 0 Å². The number of ether oxygens (including phenoxy) is 1. The molecule has 0 saturated heterocycles. The molecule has 0 aromatic carbocycles. The average Bonchev–Trinajstić information content (AvgIpc) is 2.07. The van der Waals surface area contributed by atoms with Gasteiger partial charge in [-0.25, -0.2) is 0 Å². The van der Waals surface area contributed by atoms with Crippen LogP contribution in [0, 0.1) is 0 Å². The third kappa shape index (κ3) is 4.97. The molecular formula is C12H22O. The molecule has 0 fully saturated rings. The van der Waals surface area contributed by atoms with Crippen LogP contribution in [0.2, 0.25) is 0 Å². The molecule has 1 atom stereocenters. The van der Waals surface area contributed by atoms with Crippen molar-refractivity contribution in [3.63, 3.8) is 0 Å². The Kier molecular flexibility index (Phi) is 5.71. The summed E-state index contributed by atoms with van der Waals surface area (Å²) >= 11 is 0. The first-order chi connectivity index (χ1) is 6.43. The van der Waals surface area contributed by atoms with Gasteiger partial charge in [-0.2, -0.15) is 0 Å². The Morgan fingerprint density at radius 1 is 1.00 bits per heavy atom. The summed E-state index contributed by atoms with van der Waals surface area (Å²) in [6, 6.07) is 0. The van der Waals surface area contributed by atoms with Crippen molar-refractivity contribution in [2.24, 2.45) is 0 Å². The van der Waals surface area contributed by atoms with Gasteiger partial charge >= 0.3 is 0 Å². The molecule has 13 heavy (non-hydrogen) atoms. The number of unbranched alkanes of at least 4 members (excludes halogenated alkanes) is 6. The first-order valence-electron chi connectivity index (χ1n) is 5.75. The molecule has 1 heterocycles. The summed E-state index contributed by atoms with van der Waals surface area (Å²) in [6.07, 6.45) is 15.4. The van der Waals surface area contributed by atoms with Crippen molar-refractivity contribution in [3.8, 4) is 0 Å². The summed E-state index contributed by atoms with van der Waals surface area (Å²) in [6.45, 7) is 2.26. The molecule has 1 rings (SSSR count). The van der Waals surface area contributed by atoms with E-state index in [9.17, 15) is 0 Å². The highest BCUT2D eigenvalue weighted by atomic mass is 16.5. The Labute approximate surface area is 82.2 Å². The first-order valence-corrected chi connectivity index (χ1v) is 5.75. The van der Waals surface area contributed by atoms with Crippen molar-refractivity contribution in [2.75, 3.05) is 0 Å². The summed E-state index contributed by atoms with van der Waals surface area (Å²) in [5.41, 5.74) is 0. The van der Waals surface area contributed by atoms with Crippen LogP contribution in [0.15, 0.2) is 12.3 Å². The Balaban J connectivity index is 1.71. The van der Waals surface area contributed by atoms with Gasteiger partial charge in [0.2, 0.25) is 0 Å². The zero-order chi connectivity index (χ0) is 9.36. The van der Waals surface area contributed by atoms with E-state index >= 15 is 0 Å². The Bertz CT molecular complexity index is 140. The van der Waals surface area contributed by atoms with Gasteiger partial charge in [0.05, 0.1) is 6.26 Å². The van der Waals surface area contributed by atoms with Gasteiger partial charge in [0.15, 0.2) is 0 Å². The van der Waals surface area contributed by atoms with E-state index in [4.69, 9.17) is 4.74 Å². The minimum Gasteiger partial charge on any atom is -0.494 e. The van der Waals surface area contributed by atoms with Crippen molar-refractivity contribution < 1.29 is 4.74 Å². The van der Waals surface area contributed by atoms with Crippen molar-refractivity contribution >= 4 is 0 Å². The minimum absolute atomic E-state index is 0.454. The monoisotopic (exact) mass is 182 g/mol. The largest absolute Gasteiger partial charge is 0.494 e. The number of hydrogen-bond acceptors (Lipinski definition) is 1. The lowest BCUT2D eigenvalue weighted by atomic mass is 10.1. The van der Waals surface area contributed by atoms with Gasteiger partial charge in [0, 0.05) is 0 Å². The topological polar surface area (TPSA) is 9.23 Å². The van der Waals surface area contributed by atoms with E-state index < -0.39 is 0 Å². The second kappa shape index (κ2) is 6.99. The Hall–Kier alpha value is -0.460. The SMILES string of the molecule is CCCCCCCCCC1C=CO1. The highest BCUT2D eigenvalue weighted by Gasteiger charge is 2.09. The second-order valence-electron chi connectivity index (χ2n) is 3.91. The van der Waals surface area contributed by atoms with Gasteiger partial charge in [-0.1, -0.05) is 45.4 Å². The highest BCUT2D eigenvalue weighted by Crippen LogP contribution is 2.15. The maximum atomic E-state index is 5.20. The van der Waals surface area contributed by atoms with Crippen molar-refractivity contribution in [1.29, 1.82) is 0 Å². The van der Waals surface area contributed by atoms with Gasteiger partial charge in [-0.15, -0.1) is 0 Å². The quantitative estimate of drug-likeness (QED) is 0.515. The maximum Gasteiger partial charge on any atom is 0.119 e. The first kappa shape index (κ1) is 10.6. The molecule has 1 heteroatoms. The van der Waals surface area contributed by atoms with Crippen LogP contribution < -0.4 is 0 Å². The second-order valence-corrected chi connectivity index (χ2v) is 3.91. The standard InChI is InChI=1S/C12H22O/c1-2-3-4-5-6-7-8-9-12-10-11-13-12/h10-12H,2-9H2,1H3. The van der Waals surface area contributed by atoms with Crippen LogP contribution in [0.4, 0.5) is 0 Å². The molecule has 1 aliphatic rings. The molecule has 0 N–H and O–H groups in total. The number of rotatable bonds is 8. The lowest BCUT2D eigenvalue weighted by Gasteiger charge is -2.18. The van der Waals surface area contributed by atoms with Crippen LogP contribution in [-0.4, -0.2) is 6.10 Å². The zero-order valence-corrected chi connectivity index (χ0v) is 8.80. The predicted octanol–water partition coefficient (Wildman–Crippen LogP) is 4.04. The molecule has 0 aromatic rings. The van der Waals surface area contributed by atoms with E-state index in [1.165, 1.54) is 51.4 Å². The van der Waals surface area contributed by atoms with E-state index in [0.717, 1.165) is 0 Å². The fourth-order valence-corrected chi connectivity index (χ4v) is 1.66. The average molecular weight is 182 g/mol. The maximum absolute atomic E-state index is 5.20. The van der Waals surface area contributed by atoms with E-state index in [1.807, 2.05) is 0 Å². The van der Waals surface area contributed by atoms with E-state index in [0.29, 0.717) is 6.10 Å². The molecule has 0 aromatic heterocycles. The number of hydrogen-bond donors (Lipinski definition) is 0. The molecule has 1 unspecified atom stereocenters. The fourth-order valence-electron chi connectivity index (χ4n) is 1.66. The molecule has 0 spiro atoms. The summed E-state index contributed by atoms with van der Waals surface area (Å²) < 4.78 is 5.20. The Morgan fingerprint density at radius 3 is 2.15 bits per heavy atom. The molecule has 0 amide bonds. The van der Waals surface area contributed by atoms with Crippen LogP contribution in [-0.2, 0) is 4.74 Å². The van der Waals surface area contributed by atoms with Crippen LogP contribution in [0.25, 0.3) is 0 Å². The molecule has 1 aliphatic heterocycles. The zero-order valence-electron chi connectivity index (χ0n) is 8.80. The lowest BCUT2D eigenvalue weighted by Crippen LogP contribution is -2.13. The molecule has 0 saturated carbocycles. The van der Waals surface area contributed by atoms with Gasteiger partial charge < -0.3 is 4.74 Å². The van der Waals surface area contributed by atoms with Crippen LogP contribution in [0.1, 0.15) is 58.3 Å². The minimum atomic E-state index is 0.454. The normalized spacial score (nSPS) is 19.6. The van der Waals surface area contributed by atoms with Crippen molar-refractivity contribution in [3.05, 3.63) is 12.3 Å². The van der Waals surface area contributed by atoms with Gasteiger partial charge in [-0.05, 0) is 18.9 Å². The van der Waals surface area contributed by atoms with E-state index in [2.05, 4.69) is 13.0 Å². The van der Waals surface area contributed by atoms with E-state index in [1.54, 1.807) is 6.26 Å². The van der Waals surface area contributed by atoms with Gasteiger partial charge in [0.25, 0.3) is 0 Å². The molecule has 1 nitrogen and oxygen atoms in total. The summed E-state index contributed by atoms with van der Waals surface area (Å²) in [5, 5.41) is 0. The fraction of sp³-hybridized carbons (Fsp3) is 0.833. The Morgan fingerprint density at radius 2 is 1.62 bits per heavy atom. The van der Waals surface area contributed by atoms with Crippen molar-refractivity contribution in [2.45, 2.75) is 64.4 Å². The smallest absolute Gasteiger partial charge is 0.119 e. The van der Waals surface area contributed by atoms with Gasteiger partial charge in [-0.3, -0.25) is 0 Å². The molecule has 0 bridgehead atoms. The summed E-state index contributed by atoms with van der Waals surface area (Å²) in [4.78, 5) is 0. The highest BCUT2D eigenvalue weighted by molar-refractivity contribution is 4.94. The molecule has 76 valence electrons. The van der Waals surface area contributed by atoms with Crippen LogP contribution in [0.3, 0.4) is 0 Å². The third-order valence-electron chi connectivity index (χ3n) is 2.64. The molecular weight excluding hydrogens is 160 g/mol. The van der Waals surface area contributed by atoms with Gasteiger partial charge in [0.1, 0.15) is 6.10 Å². The summed E-state index contributed by atoms with van der Waals surface area (Å²) in [5.74, 6) is 0. The van der Waals surface area contributed by atoms with E-state index in [-0.39, 0.29) is 0 Å². The molecule has 0 aliphatic carbocycles. The third-order valence-corrected chi connectivity index (χ3v) is 2.64. The molecule has 0 radical (unpaired) electrons. The van der Waals surface area contributed by atoms with Crippen molar-refractivity contribution in [1.82, 2.24) is 0 Å². The predicted molar refractivity (Wildman–Crippen MR) is 56.6 cm³/mol. The summed E-state index contributed by atoms with van der Waals surface area (Å²) in [7, 11) is 0.